The molecular weight excluding hydrogens is 236 g/mol. The summed E-state index contributed by atoms with van der Waals surface area (Å²) in [6.45, 7) is 7.13. The van der Waals surface area contributed by atoms with Crippen molar-refractivity contribution in [1.82, 2.24) is 14.5 Å². The Morgan fingerprint density at radius 1 is 1.37 bits per heavy atom. The number of imidazole rings is 1. The molecule has 0 radical (unpaired) electrons. The lowest BCUT2D eigenvalue weighted by atomic mass is 9.92. The molecule has 1 aliphatic rings. The van der Waals surface area contributed by atoms with Crippen LogP contribution in [0.4, 0.5) is 0 Å². The summed E-state index contributed by atoms with van der Waals surface area (Å²) in [5, 5.41) is 0. The number of likely N-dealkylation sites (N-methyl/N-ethyl adjacent to an activating group) is 1. The summed E-state index contributed by atoms with van der Waals surface area (Å²) in [5.41, 5.74) is 7.36. The number of nitrogens with two attached hydrogens (primary N) is 1. The molecule has 0 spiro atoms. The first-order valence-corrected chi connectivity index (χ1v) is 7.77. The first-order chi connectivity index (χ1) is 9.31. The minimum absolute atomic E-state index is 0.315. The molecule has 0 aliphatic heterocycles. The highest BCUT2D eigenvalue weighted by Crippen LogP contribution is 2.29. The van der Waals surface area contributed by atoms with Crippen molar-refractivity contribution in [1.29, 1.82) is 0 Å². The number of aromatic nitrogens is 2. The molecular formula is C15H28N4. The van der Waals surface area contributed by atoms with Crippen molar-refractivity contribution >= 4 is 0 Å². The van der Waals surface area contributed by atoms with Gasteiger partial charge in [-0.2, -0.15) is 0 Å². The van der Waals surface area contributed by atoms with Gasteiger partial charge in [-0.1, -0.05) is 26.2 Å². The molecule has 108 valence electrons. The van der Waals surface area contributed by atoms with Crippen molar-refractivity contribution in [3.63, 3.8) is 0 Å². The number of hydrogen-bond donors (Lipinski definition) is 1. The molecule has 0 saturated heterocycles. The highest BCUT2D eigenvalue weighted by Gasteiger charge is 2.28. The zero-order valence-electron chi connectivity index (χ0n) is 12.4. The summed E-state index contributed by atoms with van der Waals surface area (Å²) in [7, 11) is 0. The summed E-state index contributed by atoms with van der Waals surface area (Å²) in [6, 6.07) is 1.02. The van der Waals surface area contributed by atoms with Gasteiger partial charge in [-0.3, -0.25) is 4.90 Å². The SMILES string of the molecule is CCN(C1CCCCC1)C(CN)c1cncn1CC. The molecule has 0 aromatic carbocycles. The first kappa shape index (κ1) is 14.5. The monoisotopic (exact) mass is 264 g/mol. The van der Waals surface area contributed by atoms with E-state index < -0.39 is 0 Å². The Hall–Kier alpha value is -0.870. The molecule has 4 nitrogen and oxygen atoms in total. The van der Waals surface area contributed by atoms with Crippen molar-refractivity contribution < 1.29 is 0 Å². The normalized spacial score (nSPS) is 18.9. The lowest BCUT2D eigenvalue weighted by Crippen LogP contribution is -2.43. The van der Waals surface area contributed by atoms with Gasteiger partial charge in [-0.25, -0.2) is 4.98 Å². The average Bonchev–Trinajstić information content (AvgIpc) is 2.93. The molecule has 0 bridgehead atoms. The van der Waals surface area contributed by atoms with Gasteiger partial charge in [0.1, 0.15) is 0 Å². The molecule has 4 heteroatoms. The number of aryl methyl sites for hydroxylation is 1. The van der Waals surface area contributed by atoms with E-state index in [9.17, 15) is 0 Å². The van der Waals surface area contributed by atoms with Crippen LogP contribution in [0.5, 0.6) is 0 Å². The third kappa shape index (κ3) is 3.18. The minimum Gasteiger partial charge on any atom is -0.333 e. The van der Waals surface area contributed by atoms with Gasteiger partial charge in [0.15, 0.2) is 0 Å². The van der Waals surface area contributed by atoms with Gasteiger partial charge in [-0.05, 0) is 26.3 Å². The maximum Gasteiger partial charge on any atom is 0.0948 e. The third-order valence-corrected chi connectivity index (χ3v) is 4.46. The van der Waals surface area contributed by atoms with E-state index in [1.54, 1.807) is 0 Å². The highest BCUT2D eigenvalue weighted by molar-refractivity contribution is 5.07. The van der Waals surface area contributed by atoms with Crippen LogP contribution in [0, 0.1) is 0 Å². The van der Waals surface area contributed by atoms with Crippen molar-refractivity contribution in [3.8, 4) is 0 Å². The second kappa shape index (κ2) is 7.06. The molecule has 2 N–H and O–H groups in total. The molecule has 1 heterocycles. The van der Waals surface area contributed by atoms with Crippen LogP contribution in [0.15, 0.2) is 12.5 Å². The quantitative estimate of drug-likeness (QED) is 0.859. The Morgan fingerprint density at radius 2 is 2.11 bits per heavy atom. The fraction of sp³-hybridized carbons (Fsp3) is 0.800. The molecule has 2 rings (SSSR count). The molecule has 1 aromatic rings. The molecule has 1 atom stereocenters. The molecule has 1 saturated carbocycles. The lowest BCUT2D eigenvalue weighted by molar-refractivity contribution is 0.109. The summed E-state index contributed by atoms with van der Waals surface area (Å²) < 4.78 is 2.23. The summed E-state index contributed by atoms with van der Waals surface area (Å²) in [5.74, 6) is 0. The van der Waals surface area contributed by atoms with Crippen LogP contribution in [0.2, 0.25) is 0 Å². The zero-order chi connectivity index (χ0) is 13.7. The van der Waals surface area contributed by atoms with E-state index in [4.69, 9.17) is 5.73 Å². The van der Waals surface area contributed by atoms with E-state index in [1.807, 2.05) is 12.5 Å². The Kier molecular flexibility index (Phi) is 5.40. The Labute approximate surface area is 117 Å². The first-order valence-electron chi connectivity index (χ1n) is 7.77. The van der Waals surface area contributed by atoms with Crippen LogP contribution < -0.4 is 5.73 Å². The van der Waals surface area contributed by atoms with Crippen LogP contribution in [0.25, 0.3) is 0 Å². The molecule has 1 aliphatic carbocycles. The number of nitrogens with zero attached hydrogens (tertiary/aromatic N) is 3. The Balaban J connectivity index is 2.18. The summed E-state index contributed by atoms with van der Waals surface area (Å²) in [4.78, 5) is 6.90. The fourth-order valence-electron chi connectivity index (χ4n) is 3.44. The third-order valence-electron chi connectivity index (χ3n) is 4.46. The predicted molar refractivity (Wildman–Crippen MR) is 78.9 cm³/mol. The van der Waals surface area contributed by atoms with Gasteiger partial charge in [0.25, 0.3) is 0 Å². The number of hydrogen-bond acceptors (Lipinski definition) is 3. The van der Waals surface area contributed by atoms with Crippen LogP contribution in [-0.4, -0.2) is 33.6 Å². The van der Waals surface area contributed by atoms with Gasteiger partial charge >= 0.3 is 0 Å². The Bertz CT molecular complexity index is 368. The molecule has 0 amide bonds. The standard InChI is InChI=1S/C15H28N4/c1-3-18-12-17-11-15(18)14(10-16)19(4-2)13-8-6-5-7-9-13/h11-14H,3-10,16H2,1-2H3. The van der Waals surface area contributed by atoms with E-state index >= 15 is 0 Å². The van der Waals surface area contributed by atoms with E-state index in [-0.39, 0.29) is 0 Å². The molecule has 1 aromatic heterocycles. The van der Waals surface area contributed by atoms with Gasteiger partial charge in [0.2, 0.25) is 0 Å². The molecule has 19 heavy (non-hydrogen) atoms. The van der Waals surface area contributed by atoms with E-state index in [0.717, 1.165) is 13.1 Å². The second-order valence-corrected chi connectivity index (χ2v) is 5.48. The van der Waals surface area contributed by atoms with E-state index in [1.165, 1.54) is 37.8 Å². The Morgan fingerprint density at radius 3 is 2.68 bits per heavy atom. The maximum absolute atomic E-state index is 6.09. The van der Waals surface area contributed by atoms with Crippen molar-refractivity contribution in [2.24, 2.45) is 5.73 Å². The zero-order valence-corrected chi connectivity index (χ0v) is 12.4. The van der Waals surface area contributed by atoms with Gasteiger partial charge in [0.05, 0.1) is 18.1 Å². The van der Waals surface area contributed by atoms with Crippen LogP contribution in [0.1, 0.15) is 57.7 Å². The topological polar surface area (TPSA) is 47.1 Å². The van der Waals surface area contributed by atoms with Gasteiger partial charge < -0.3 is 10.3 Å². The minimum atomic E-state index is 0.315. The average molecular weight is 264 g/mol. The predicted octanol–water partition coefficient (Wildman–Crippen LogP) is 2.56. The smallest absolute Gasteiger partial charge is 0.0948 e. The van der Waals surface area contributed by atoms with E-state index in [2.05, 4.69) is 28.3 Å². The highest BCUT2D eigenvalue weighted by atomic mass is 15.2. The fourth-order valence-corrected chi connectivity index (χ4v) is 3.44. The van der Waals surface area contributed by atoms with Crippen molar-refractivity contribution in [3.05, 3.63) is 18.2 Å². The van der Waals surface area contributed by atoms with Crippen LogP contribution >= 0.6 is 0 Å². The van der Waals surface area contributed by atoms with Gasteiger partial charge in [-0.15, -0.1) is 0 Å². The summed E-state index contributed by atoms with van der Waals surface area (Å²) >= 11 is 0. The second-order valence-electron chi connectivity index (χ2n) is 5.48. The lowest BCUT2D eigenvalue weighted by Gasteiger charge is -2.39. The van der Waals surface area contributed by atoms with E-state index in [0.29, 0.717) is 18.6 Å². The largest absolute Gasteiger partial charge is 0.333 e. The van der Waals surface area contributed by atoms with Crippen molar-refractivity contribution in [2.75, 3.05) is 13.1 Å². The maximum atomic E-state index is 6.09. The molecule has 1 unspecified atom stereocenters. The summed E-state index contributed by atoms with van der Waals surface area (Å²) in [6.07, 6.45) is 10.7. The van der Waals surface area contributed by atoms with Crippen molar-refractivity contribution in [2.45, 2.75) is 64.6 Å². The van der Waals surface area contributed by atoms with Crippen LogP contribution in [0.3, 0.4) is 0 Å². The number of rotatable bonds is 6. The van der Waals surface area contributed by atoms with Crippen LogP contribution in [-0.2, 0) is 6.54 Å². The molecule has 1 fully saturated rings. The van der Waals surface area contributed by atoms with Gasteiger partial charge in [0, 0.05) is 25.3 Å².